The maximum Gasteiger partial charge on any atom is 0.326 e. The standard InChI is InChI=1S/C16H19BrN2O3/c1-3-10(2)15(16(21)22)18-14(20)9-19-8-7-11-12(17)5-4-6-13(11)19/h4-8,10,15H,3,9H2,1-2H3,(H,18,20)(H,21,22). The van der Waals surface area contributed by atoms with Crippen LogP contribution in [0.2, 0.25) is 0 Å². The van der Waals surface area contributed by atoms with Crippen molar-refractivity contribution in [3.63, 3.8) is 0 Å². The Morgan fingerprint density at radius 3 is 2.73 bits per heavy atom. The molecular weight excluding hydrogens is 348 g/mol. The van der Waals surface area contributed by atoms with Gasteiger partial charge in [-0.15, -0.1) is 0 Å². The molecule has 1 heterocycles. The summed E-state index contributed by atoms with van der Waals surface area (Å²) in [6.07, 6.45) is 2.52. The number of carbonyl (C=O) groups is 2. The van der Waals surface area contributed by atoms with E-state index in [1.807, 2.05) is 48.9 Å². The molecule has 0 aliphatic carbocycles. The van der Waals surface area contributed by atoms with E-state index in [1.165, 1.54) is 0 Å². The van der Waals surface area contributed by atoms with Crippen LogP contribution in [-0.4, -0.2) is 27.6 Å². The van der Waals surface area contributed by atoms with E-state index < -0.39 is 12.0 Å². The van der Waals surface area contributed by atoms with Crippen LogP contribution >= 0.6 is 15.9 Å². The molecule has 2 aromatic rings. The van der Waals surface area contributed by atoms with Crippen LogP contribution in [-0.2, 0) is 16.1 Å². The molecule has 0 bridgehead atoms. The van der Waals surface area contributed by atoms with Gasteiger partial charge in [0.25, 0.3) is 0 Å². The maximum atomic E-state index is 12.2. The largest absolute Gasteiger partial charge is 0.480 e. The van der Waals surface area contributed by atoms with E-state index in [2.05, 4.69) is 21.2 Å². The summed E-state index contributed by atoms with van der Waals surface area (Å²) >= 11 is 3.47. The van der Waals surface area contributed by atoms with E-state index in [0.29, 0.717) is 6.42 Å². The summed E-state index contributed by atoms with van der Waals surface area (Å²) in [5, 5.41) is 12.9. The summed E-state index contributed by atoms with van der Waals surface area (Å²) in [4.78, 5) is 23.4. The molecule has 6 heteroatoms. The number of rotatable bonds is 6. The van der Waals surface area contributed by atoms with Gasteiger partial charge in [0.1, 0.15) is 12.6 Å². The summed E-state index contributed by atoms with van der Waals surface area (Å²) in [7, 11) is 0. The lowest BCUT2D eigenvalue weighted by atomic mass is 9.99. The van der Waals surface area contributed by atoms with Crippen molar-refractivity contribution in [1.29, 1.82) is 0 Å². The van der Waals surface area contributed by atoms with Crippen molar-refractivity contribution in [1.82, 2.24) is 9.88 Å². The Kier molecular flexibility index (Phi) is 5.24. The molecule has 0 saturated heterocycles. The van der Waals surface area contributed by atoms with Gasteiger partial charge in [-0.25, -0.2) is 4.79 Å². The smallest absolute Gasteiger partial charge is 0.326 e. The quantitative estimate of drug-likeness (QED) is 0.825. The molecule has 0 aliphatic rings. The number of carboxylic acids is 1. The SMILES string of the molecule is CCC(C)C(NC(=O)Cn1ccc2c(Br)cccc21)C(=O)O. The highest BCUT2D eigenvalue weighted by Gasteiger charge is 2.25. The zero-order valence-corrected chi connectivity index (χ0v) is 14.1. The molecule has 2 atom stereocenters. The molecule has 0 radical (unpaired) electrons. The predicted octanol–water partition coefficient (Wildman–Crippen LogP) is 3.02. The number of halogens is 1. The third-order valence-corrected chi connectivity index (χ3v) is 4.56. The number of nitrogens with one attached hydrogen (secondary N) is 1. The van der Waals surface area contributed by atoms with Crippen molar-refractivity contribution >= 4 is 38.7 Å². The number of hydrogen-bond donors (Lipinski definition) is 2. The molecule has 0 aliphatic heterocycles. The van der Waals surface area contributed by atoms with Crippen LogP contribution in [0.15, 0.2) is 34.9 Å². The van der Waals surface area contributed by atoms with Crippen molar-refractivity contribution in [2.75, 3.05) is 0 Å². The van der Waals surface area contributed by atoms with Crippen molar-refractivity contribution < 1.29 is 14.7 Å². The molecule has 5 nitrogen and oxygen atoms in total. The summed E-state index contributed by atoms with van der Waals surface area (Å²) in [6, 6.07) is 6.84. The predicted molar refractivity (Wildman–Crippen MR) is 88.7 cm³/mol. The number of aliphatic carboxylic acids is 1. The number of benzene rings is 1. The van der Waals surface area contributed by atoms with Gasteiger partial charge in [0.2, 0.25) is 5.91 Å². The number of hydrogen-bond acceptors (Lipinski definition) is 2. The first kappa shape index (κ1) is 16.5. The fourth-order valence-electron chi connectivity index (χ4n) is 2.38. The molecule has 22 heavy (non-hydrogen) atoms. The summed E-state index contributed by atoms with van der Waals surface area (Å²) in [5.74, 6) is -1.41. The molecule has 0 fully saturated rings. The van der Waals surface area contributed by atoms with E-state index in [4.69, 9.17) is 0 Å². The van der Waals surface area contributed by atoms with Gasteiger partial charge in [-0.2, -0.15) is 0 Å². The molecule has 0 spiro atoms. The van der Waals surface area contributed by atoms with Crippen LogP contribution in [0, 0.1) is 5.92 Å². The van der Waals surface area contributed by atoms with E-state index in [-0.39, 0.29) is 18.4 Å². The fraction of sp³-hybridized carbons (Fsp3) is 0.375. The van der Waals surface area contributed by atoms with Gasteiger partial charge < -0.3 is 15.0 Å². The molecule has 118 valence electrons. The lowest BCUT2D eigenvalue weighted by Crippen LogP contribution is -2.46. The molecule has 1 aromatic carbocycles. The zero-order chi connectivity index (χ0) is 16.3. The molecule has 2 rings (SSSR count). The highest BCUT2D eigenvalue weighted by molar-refractivity contribution is 9.10. The van der Waals surface area contributed by atoms with Crippen LogP contribution in [0.3, 0.4) is 0 Å². The number of carboxylic acid groups (broad SMARTS) is 1. The fourth-order valence-corrected chi connectivity index (χ4v) is 2.87. The first-order chi connectivity index (χ1) is 10.4. The lowest BCUT2D eigenvalue weighted by Gasteiger charge is -2.20. The van der Waals surface area contributed by atoms with Gasteiger partial charge in [-0.3, -0.25) is 4.79 Å². The van der Waals surface area contributed by atoms with Gasteiger partial charge in [0.15, 0.2) is 0 Å². The number of carbonyl (C=O) groups excluding carboxylic acids is 1. The molecule has 0 saturated carbocycles. The Morgan fingerprint density at radius 1 is 1.36 bits per heavy atom. The normalized spacial score (nSPS) is 13.8. The highest BCUT2D eigenvalue weighted by atomic mass is 79.9. The molecule has 1 amide bonds. The van der Waals surface area contributed by atoms with Crippen molar-refractivity contribution in [3.8, 4) is 0 Å². The van der Waals surface area contributed by atoms with Gasteiger partial charge in [-0.05, 0) is 24.1 Å². The summed E-state index contributed by atoms with van der Waals surface area (Å²) in [5.41, 5.74) is 0.930. The van der Waals surface area contributed by atoms with Crippen molar-refractivity contribution in [3.05, 3.63) is 34.9 Å². The topological polar surface area (TPSA) is 71.3 Å². The monoisotopic (exact) mass is 366 g/mol. The van der Waals surface area contributed by atoms with Crippen LogP contribution in [0.5, 0.6) is 0 Å². The minimum absolute atomic E-state index is 0.0974. The number of amides is 1. The van der Waals surface area contributed by atoms with Crippen LogP contribution in [0.1, 0.15) is 20.3 Å². The zero-order valence-electron chi connectivity index (χ0n) is 12.5. The lowest BCUT2D eigenvalue weighted by molar-refractivity contribution is -0.143. The second-order valence-corrected chi connectivity index (χ2v) is 6.24. The summed E-state index contributed by atoms with van der Waals surface area (Å²) in [6.45, 7) is 3.82. The van der Waals surface area contributed by atoms with Crippen LogP contribution in [0.25, 0.3) is 10.9 Å². The number of fused-ring (bicyclic) bond motifs is 1. The second-order valence-electron chi connectivity index (χ2n) is 5.39. The molecular formula is C16H19BrN2O3. The Bertz CT molecular complexity index is 696. The molecule has 2 unspecified atom stereocenters. The van der Waals surface area contributed by atoms with E-state index >= 15 is 0 Å². The van der Waals surface area contributed by atoms with Gasteiger partial charge >= 0.3 is 5.97 Å². The first-order valence-corrected chi connectivity index (χ1v) is 7.98. The van der Waals surface area contributed by atoms with Crippen molar-refractivity contribution in [2.24, 2.45) is 5.92 Å². The second kappa shape index (κ2) is 6.96. The average molecular weight is 367 g/mol. The Morgan fingerprint density at radius 2 is 2.09 bits per heavy atom. The first-order valence-electron chi connectivity index (χ1n) is 7.19. The van der Waals surface area contributed by atoms with Crippen LogP contribution in [0.4, 0.5) is 0 Å². The van der Waals surface area contributed by atoms with Gasteiger partial charge in [0, 0.05) is 21.6 Å². The average Bonchev–Trinajstić information content (AvgIpc) is 2.88. The molecule has 2 N–H and O–H groups in total. The van der Waals surface area contributed by atoms with E-state index in [1.54, 1.807) is 0 Å². The number of aromatic nitrogens is 1. The van der Waals surface area contributed by atoms with Crippen LogP contribution < -0.4 is 5.32 Å². The third-order valence-electron chi connectivity index (χ3n) is 3.87. The third kappa shape index (κ3) is 3.50. The van der Waals surface area contributed by atoms with Gasteiger partial charge in [0.05, 0.1) is 0 Å². The Balaban J connectivity index is 2.14. The van der Waals surface area contributed by atoms with E-state index in [0.717, 1.165) is 15.4 Å². The van der Waals surface area contributed by atoms with E-state index in [9.17, 15) is 14.7 Å². The Hall–Kier alpha value is -1.82. The summed E-state index contributed by atoms with van der Waals surface area (Å²) < 4.78 is 2.78. The maximum absolute atomic E-state index is 12.2. The molecule has 1 aromatic heterocycles. The highest BCUT2D eigenvalue weighted by Crippen LogP contribution is 2.24. The number of nitrogens with zero attached hydrogens (tertiary/aromatic N) is 1. The minimum Gasteiger partial charge on any atom is -0.480 e. The van der Waals surface area contributed by atoms with Gasteiger partial charge in [-0.1, -0.05) is 42.3 Å². The Labute approximate surface area is 137 Å². The van der Waals surface area contributed by atoms with Crippen molar-refractivity contribution in [2.45, 2.75) is 32.9 Å². The minimum atomic E-state index is -0.997.